The van der Waals surface area contributed by atoms with Crippen LogP contribution in [0.3, 0.4) is 0 Å². The van der Waals surface area contributed by atoms with Crippen molar-refractivity contribution in [2.24, 2.45) is 5.73 Å². The van der Waals surface area contributed by atoms with Gasteiger partial charge in [-0.25, -0.2) is 4.98 Å². The van der Waals surface area contributed by atoms with Crippen LogP contribution in [-0.2, 0) is 13.0 Å². The largest absolute Gasteiger partial charge is 0.345 e. The fraction of sp³-hybridized carbons (Fsp3) is 0.182. The van der Waals surface area contributed by atoms with E-state index < -0.39 is 0 Å². The average molecular weight is 260 g/mol. The molecular formula is C11H15Cl2N3. The molecule has 2 aromatic rings. The smallest absolute Gasteiger partial charge is 0.120 e. The van der Waals surface area contributed by atoms with E-state index in [9.17, 15) is 0 Å². The number of nitrogens with two attached hydrogens (primary N) is 1. The summed E-state index contributed by atoms with van der Waals surface area (Å²) in [4.78, 5) is 7.33. The van der Waals surface area contributed by atoms with Crippen LogP contribution in [0, 0.1) is 0 Å². The van der Waals surface area contributed by atoms with Gasteiger partial charge in [-0.2, -0.15) is 0 Å². The first-order chi connectivity index (χ1) is 6.88. The highest BCUT2D eigenvalue weighted by Crippen LogP contribution is 2.06. The molecule has 1 aromatic carbocycles. The highest BCUT2D eigenvalue weighted by Gasteiger charge is 1.99. The third-order valence-corrected chi connectivity index (χ3v) is 2.11. The number of aromatic amines is 1. The molecule has 5 heteroatoms. The standard InChI is InChI=1S/C11H13N3.2ClH/c12-7-11-13-8-10(14-11)6-9-4-2-1-3-5-9;;/h1-5,8H,6-7,12H2,(H,13,14);2*1H. The zero-order valence-corrected chi connectivity index (χ0v) is 10.4. The lowest BCUT2D eigenvalue weighted by Crippen LogP contribution is -1.98. The highest BCUT2D eigenvalue weighted by atomic mass is 35.5. The fourth-order valence-corrected chi connectivity index (χ4v) is 1.42. The number of aromatic nitrogens is 2. The van der Waals surface area contributed by atoms with E-state index in [-0.39, 0.29) is 24.8 Å². The molecule has 0 amide bonds. The molecule has 0 unspecified atom stereocenters. The predicted octanol–water partition coefficient (Wildman–Crippen LogP) is 2.30. The van der Waals surface area contributed by atoms with E-state index in [0.717, 1.165) is 17.9 Å². The lowest BCUT2D eigenvalue weighted by atomic mass is 10.1. The molecule has 0 saturated carbocycles. The van der Waals surface area contributed by atoms with E-state index in [1.807, 2.05) is 24.4 Å². The third-order valence-electron chi connectivity index (χ3n) is 2.11. The number of halogens is 2. The quantitative estimate of drug-likeness (QED) is 0.889. The zero-order chi connectivity index (χ0) is 9.80. The number of benzene rings is 1. The molecule has 88 valence electrons. The monoisotopic (exact) mass is 259 g/mol. The van der Waals surface area contributed by atoms with Gasteiger partial charge >= 0.3 is 0 Å². The van der Waals surface area contributed by atoms with Gasteiger partial charge < -0.3 is 10.7 Å². The summed E-state index contributed by atoms with van der Waals surface area (Å²) in [6.45, 7) is 0.467. The van der Waals surface area contributed by atoms with Crippen LogP contribution in [0.15, 0.2) is 36.5 Å². The van der Waals surface area contributed by atoms with Crippen molar-refractivity contribution < 1.29 is 0 Å². The second-order valence-corrected chi connectivity index (χ2v) is 3.22. The maximum absolute atomic E-state index is 5.46. The van der Waals surface area contributed by atoms with Crippen LogP contribution in [0.1, 0.15) is 17.1 Å². The van der Waals surface area contributed by atoms with Crippen molar-refractivity contribution in [1.82, 2.24) is 9.97 Å². The van der Waals surface area contributed by atoms with Crippen LogP contribution in [0.2, 0.25) is 0 Å². The van der Waals surface area contributed by atoms with Crippen LogP contribution >= 0.6 is 24.8 Å². The molecule has 0 aliphatic heterocycles. The molecule has 0 aliphatic carbocycles. The zero-order valence-electron chi connectivity index (χ0n) is 8.72. The summed E-state index contributed by atoms with van der Waals surface area (Å²) in [7, 11) is 0. The van der Waals surface area contributed by atoms with Gasteiger partial charge in [0.2, 0.25) is 0 Å². The molecule has 1 aromatic heterocycles. The minimum atomic E-state index is 0. The lowest BCUT2D eigenvalue weighted by Gasteiger charge is -1.97. The topological polar surface area (TPSA) is 54.7 Å². The Kier molecular flexibility index (Phi) is 6.81. The number of H-pyrrole nitrogens is 1. The SMILES string of the molecule is Cl.Cl.NCc1ncc(Cc2ccccc2)[nH]1. The summed E-state index contributed by atoms with van der Waals surface area (Å²) in [5.41, 5.74) is 7.85. The second kappa shape index (κ2) is 7.28. The van der Waals surface area contributed by atoms with Gasteiger partial charge in [-0.3, -0.25) is 0 Å². The number of nitrogens with zero attached hydrogens (tertiary/aromatic N) is 1. The van der Waals surface area contributed by atoms with E-state index in [1.165, 1.54) is 5.56 Å². The molecule has 0 fully saturated rings. The van der Waals surface area contributed by atoms with E-state index >= 15 is 0 Å². The van der Waals surface area contributed by atoms with Crippen LogP contribution in [0.4, 0.5) is 0 Å². The van der Waals surface area contributed by atoms with Crippen LogP contribution in [-0.4, -0.2) is 9.97 Å². The number of rotatable bonds is 3. The van der Waals surface area contributed by atoms with Crippen molar-refractivity contribution in [3.8, 4) is 0 Å². The maximum Gasteiger partial charge on any atom is 0.120 e. The molecule has 0 radical (unpaired) electrons. The van der Waals surface area contributed by atoms with Crippen molar-refractivity contribution in [2.45, 2.75) is 13.0 Å². The molecule has 0 atom stereocenters. The van der Waals surface area contributed by atoms with Gasteiger partial charge in [-0.05, 0) is 5.56 Å². The Bertz CT molecular complexity index is 401. The van der Waals surface area contributed by atoms with Crippen molar-refractivity contribution >= 4 is 24.8 Å². The fourth-order valence-electron chi connectivity index (χ4n) is 1.42. The molecule has 0 saturated heterocycles. The molecule has 0 bridgehead atoms. The van der Waals surface area contributed by atoms with E-state index in [1.54, 1.807) is 0 Å². The van der Waals surface area contributed by atoms with Crippen molar-refractivity contribution in [2.75, 3.05) is 0 Å². The van der Waals surface area contributed by atoms with Crippen LogP contribution in [0.25, 0.3) is 0 Å². The Morgan fingerprint density at radius 2 is 1.81 bits per heavy atom. The normalized spacial score (nSPS) is 9.06. The minimum Gasteiger partial charge on any atom is -0.345 e. The first-order valence-electron chi connectivity index (χ1n) is 4.65. The lowest BCUT2D eigenvalue weighted by molar-refractivity contribution is 0.936. The van der Waals surface area contributed by atoms with Gasteiger partial charge in [0.25, 0.3) is 0 Å². The third kappa shape index (κ3) is 3.85. The first-order valence-corrected chi connectivity index (χ1v) is 4.65. The summed E-state index contributed by atoms with van der Waals surface area (Å²) < 4.78 is 0. The minimum absolute atomic E-state index is 0. The molecule has 16 heavy (non-hydrogen) atoms. The van der Waals surface area contributed by atoms with Crippen LogP contribution in [0.5, 0.6) is 0 Å². The second-order valence-electron chi connectivity index (χ2n) is 3.22. The Balaban J connectivity index is 0.00000112. The van der Waals surface area contributed by atoms with Crippen molar-refractivity contribution in [1.29, 1.82) is 0 Å². The molecule has 0 spiro atoms. The summed E-state index contributed by atoms with van der Waals surface area (Å²) in [5, 5.41) is 0. The van der Waals surface area contributed by atoms with Gasteiger partial charge in [0.05, 0.1) is 6.54 Å². The summed E-state index contributed by atoms with van der Waals surface area (Å²) in [5.74, 6) is 0.843. The van der Waals surface area contributed by atoms with Crippen molar-refractivity contribution in [3.63, 3.8) is 0 Å². The number of hydrogen-bond donors (Lipinski definition) is 2. The molecule has 3 N–H and O–H groups in total. The number of nitrogens with one attached hydrogen (secondary N) is 1. The molecule has 1 heterocycles. The Morgan fingerprint density at radius 3 is 2.38 bits per heavy atom. The Hall–Kier alpha value is -1.03. The Morgan fingerprint density at radius 1 is 1.12 bits per heavy atom. The van der Waals surface area contributed by atoms with E-state index in [2.05, 4.69) is 22.1 Å². The summed E-state index contributed by atoms with van der Waals surface area (Å²) in [6, 6.07) is 10.3. The van der Waals surface area contributed by atoms with Gasteiger partial charge in [0, 0.05) is 18.3 Å². The maximum atomic E-state index is 5.46. The van der Waals surface area contributed by atoms with E-state index in [4.69, 9.17) is 5.73 Å². The first kappa shape index (κ1) is 15.0. The van der Waals surface area contributed by atoms with E-state index in [0.29, 0.717) is 6.54 Å². The average Bonchev–Trinajstić information content (AvgIpc) is 2.67. The summed E-state index contributed by atoms with van der Waals surface area (Å²) >= 11 is 0. The van der Waals surface area contributed by atoms with Gasteiger partial charge in [-0.1, -0.05) is 30.3 Å². The van der Waals surface area contributed by atoms with Crippen molar-refractivity contribution in [3.05, 3.63) is 53.6 Å². The molecular weight excluding hydrogens is 245 g/mol. The van der Waals surface area contributed by atoms with Gasteiger partial charge in [0.15, 0.2) is 0 Å². The number of hydrogen-bond acceptors (Lipinski definition) is 2. The van der Waals surface area contributed by atoms with Gasteiger partial charge in [-0.15, -0.1) is 24.8 Å². The molecule has 3 nitrogen and oxygen atoms in total. The predicted molar refractivity (Wildman–Crippen MR) is 70.2 cm³/mol. The Labute approximate surface area is 107 Å². The van der Waals surface area contributed by atoms with Gasteiger partial charge in [0.1, 0.15) is 5.82 Å². The van der Waals surface area contributed by atoms with Crippen LogP contribution < -0.4 is 5.73 Å². The summed E-state index contributed by atoms with van der Waals surface area (Å²) in [6.07, 6.45) is 2.73. The number of imidazole rings is 1. The highest BCUT2D eigenvalue weighted by molar-refractivity contribution is 5.85. The molecule has 2 rings (SSSR count). The molecule has 0 aliphatic rings.